The maximum Gasteiger partial charge on any atom is 0.266 e. The molecule has 0 fully saturated rings. The number of benzene rings is 3. The van der Waals surface area contributed by atoms with Gasteiger partial charge >= 0.3 is 0 Å². The summed E-state index contributed by atoms with van der Waals surface area (Å²) < 4.78 is 5.74. The summed E-state index contributed by atoms with van der Waals surface area (Å²) in [6, 6.07) is 25.8. The lowest BCUT2D eigenvalue weighted by atomic mass is 10.1. The van der Waals surface area contributed by atoms with Gasteiger partial charge in [0.1, 0.15) is 24.0 Å². The lowest BCUT2D eigenvalue weighted by Gasteiger charge is -2.07. The monoisotopic (exact) mass is 388 g/mol. The summed E-state index contributed by atoms with van der Waals surface area (Å²) in [7, 11) is 0. The first kappa shape index (κ1) is 19.2. The summed E-state index contributed by atoms with van der Waals surface area (Å²) in [6.45, 7) is 0.472. The molecule has 0 bridgehead atoms. The van der Waals surface area contributed by atoms with Crippen molar-refractivity contribution in [2.75, 3.05) is 5.32 Å². The Morgan fingerprint density at radius 2 is 1.68 bits per heavy atom. The number of hydrogen-bond acceptors (Lipinski definition) is 3. The average Bonchev–Trinajstić information content (AvgIpc) is 2.73. The van der Waals surface area contributed by atoms with Crippen LogP contribution in [0.1, 0.15) is 11.1 Å². The molecule has 138 valence electrons. The number of amides is 1. The van der Waals surface area contributed by atoms with E-state index in [2.05, 4.69) is 5.32 Å². The Kier molecular flexibility index (Phi) is 6.46. The van der Waals surface area contributed by atoms with Gasteiger partial charge in [-0.05, 0) is 41.5 Å². The average molecular weight is 389 g/mol. The van der Waals surface area contributed by atoms with E-state index in [1.807, 2.05) is 36.4 Å². The second kappa shape index (κ2) is 9.40. The highest BCUT2D eigenvalue weighted by atomic mass is 35.5. The van der Waals surface area contributed by atoms with E-state index < -0.39 is 5.91 Å². The van der Waals surface area contributed by atoms with Crippen LogP contribution in [0, 0.1) is 11.3 Å². The van der Waals surface area contributed by atoms with E-state index in [4.69, 9.17) is 16.3 Å². The van der Waals surface area contributed by atoms with Crippen LogP contribution in [0.15, 0.2) is 84.4 Å². The molecule has 3 aromatic rings. The minimum absolute atomic E-state index is 0.0159. The third-order valence-electron chi connectivity index (χ3n) is 3.93. The normalized spacial score (nSPS) is 10.8. The van der Waals surface area contributed by atoms with E-state index in [9.17, 15) is 10.1 Å². The molecule has 0 aliphatic rings. The molecule has 0 unspecified atom stereocenters. The zero-order chi connectivity index (χ0) is 19.8. The highest BCUT2D eigenvalue weighted by Crippen LogP contribution is 2.22. The second-order valence-corrected chi connectivity index (χ2v) is 6.35. The molecule has 0 radical (unpaired) electrons. The molecule has 0 heterocycles. The number of carbonyl (C=O) groups is 1. The summed E-state index contributed by atoms with van der Waals surface area (Å²) in [5.41, 5.74) is 2.24. The number of hydrogen-bond donors (Lipinski definition) is 1. The van der Waals surface area contributed by atoms with Crippen LogP contribution < -0.4 is 10.1 Å². The van der Waals surface area contributed by atoms with Gasteiger partial charge in [-0.3, -0.25) is 4.79 Å². The number of para-hydroxylation sites is 1. The standard InChI is InChI=1S/C23H17ClN2O2/c24-21-8-4-5-9-22(21)26-23(27)19(15-25)14-17-10-12-20(13-11-17)28-16-18-6-2-1-3-7-18/h1-14H,16H2,(H,26,27)/b19-14+. The Morgan fingerprint density at radius 3 is 2.36 bits per heavy atom. The van der Waals surface area contributed by atoms with Gasteiger partial charge in [-0.15, -0.1) is 0 Å². The number of nitrogens with one attached hydrogen (secondary N) is 1. The number of ether oxygens (including phenoxy) is 1. The zero-order valence-electron chi connectivity index (χ0n) is 14.9. The van der Waals surface area contributed by atoms with Gasteiger partial charge in [-0.25, -0.2) is 0 Å². The number of nitrogens with zero attached hydrogens (tertiary/aromatic N) is 1. The van der Waals surface area contributed by atoms with Gasteiger partial charge in [-0.1, -0.05) is 66.2 Å². The van der Waals surface area contributed by atoms with Crippen molar-refractivity contribution in [2.24, 2.45) is 0 Å². The van der Waals surface area contributed by atoms with Crippen LogP contribution in [0.25, 0.3) is 6.08 Å². The first-order valence-corrected chi connectivity index (χ1v) is 8.98. The molecule has 5 heteroatoms. The van der Waals surface area contributed by atoms with Gasteiger partial charge in [0.15, 0.2) is 0 Å². The molecule has 0 atom stereocenters. The highest BCUT2D eigenvalue weighted by Gasteiger charge is 2.11. The summed E-state index contributed by atoms with van der Waals surface area (Å²) in [6.07, 6.45) is 1.52. The fourth-order valence-corrected chi connectivity index (χ4v) is 2.65. The number of carbonyl (C=O) groups excluding carboxylic acids is 1. The van der Waals surface area contributed by atoms with Crippen molar-refractivity contribution in [3.63, 3.8) is 0 Å². The fourth-order valence-electron chi connectivity index (χ4n) is 2.47. The van der Waals surface area contributed by atoms with Gasteiger partial charge in [-0.2, -0.15) is 5.26 Å². The van der Waals surface area contributed by atoms with Crippen LogP contribution in [0.5, 0.6) is 5.75 Å². The molecule has 0 aliphatic heterocycles. The first-order chi connectivity index (χ1) is 13.7. The largest absolute Gasteiger partial charge is 0.489 e. The predicted molar refractivity (Wildman–Crippen MR) is 111 cm³/mol. The third kappa shape index (κ3) is 5.23. The van der Waals surface area contributed by atoms with Crippen molar-refractivity contribution in [1.82, 2.24) is 0 Å². The molecule has 4 nitrogen and oxygen atoms in total. The first-order valence-electron chi connectivity index (χ1n) is 8.60. The Labute approximate surface area is 168 Å². The van der Waals surface area contributed by atoms with Crippen molar-refractivity contribution >= 4 is 29.3 Å². The van der Waals surface area contributed by atoms with E-state index in [1.165, 1.54) is 6.08 Å². The minimum atomic E-state index is -0.514. The molecule has 28 heavy (non-hydrogen) atoms. The highest BCUT2D eigenvalue weighted by molar-refractivity contribution is 6.34. The maximum atomic E-state index is 12.3. The van der Waals surface area contributed by atoms with Gasteiger partial charge in [0.25, 0.3) is 5.91 Å². The van der Waals surface area contributed by atoms with Gasteiger partial charge in [0.05, 0.1) is 10.7 Å². The molecule has 0 aliphatic carbocycles. The van der Waals surface area contributed by atoms with Crippen LogP contribution in [0.3, 0.4) is 0 Å². The van der Waals surface area contributed by atoms with Crippen molar-refractivity contribution in [1.29, 1.82) is 5.26 Å². The van der Waals surface area contributed by atoms with Crippen LogP contribution in [0.2, 0.25) is 5.02 Å². The summed E-state index contributed by atoms with van der Waals surface area (Å²) in [5, 5.41) is 12.4. The molecule has 0 spiro atoms. The van der Waals surface area contributed by atoms with E-state index in [1.54, 1.807) is 48.5 Å². The van der Waals surface area contributed by atoms with Crippen molar-refractivity contribution in [3.8, 4) is 11.8 Å². The molecule has 0 saturated carbocycles. The molecule has 1 N–H and O–H groups in total. The summed E-state index contributed by atoms with van der Waals surface area (Å²) in [5.74, 6) is 0.194. The van der Waals surface area contributed by atoms with Crippen LogP contribution >= 0.6 is 11.6 Å². The number of nitriles is 1. The minimum Gasteiger partial charge on any atom is -0.489 e. The van der Waals surface area contributed by atoms with E-state index in [0.29, 0.717) is 23.1 Å². The molecule has 0 aromatic heterocycles. The fraction of sp³-hybridized carbons (Fsp3) is 0.0435. The SMILES string of the molecule is N#C/C(=C\c1ccc(OCc2ccccc2)cc1)C(=O)Nc1ccccc1Cl. The molecule has 3 aromatic carbocycles. The molecule has 1 amide bonds. The quantitative estimate of drug-likeness (QED) is 0.450. The molecular formula is C23H17ClN2O2. The second-order valence-electron chi connectivity index (χ2n) is 5.95. The molecular weight excluding hydrogens is 372 g/mol. The van der Waals surface area contributed by atoms with Gasteiger partial charge in [0.2, 0.25) is 0 Å². The maximum absolute atomic E-state index is 12.3. The molecule has 3 rings (SSSR count). The van der Waals surface area contributed by atoms with Crippen LogP contribution in [-0.4, -0.2) is 5.91 Å². The van der Waals surface area contributed by atoms with E-state index in [-0.39, 0.29) is 5.57 Å². The number of rotatable bonds is 6. The Hall–Kier alpha value is -3.55. The summed E-state index contributed by atoms with van der Waals surface area (Å²) >= 11 is 6.04. The molecule has 0 saturated heterocycles. The smallest absolute Gasteiger partial charge is 0.266 e. The van der Waals surface area contributed by atoms with E-state index >= 15 is 0 Å². The van der Waals surface area contributed by atoms with Crippen molar-refractivity contribution in [2.45, 2.75) is 6.61 Å². The van der Waals surface area contributed by atoms with Crippen molar-refractivity contribution in [3.05, 3.63) is 101 Å². The lowest BCUT2D eigenvalue weighted by Crippen LogP contribution is -2.13. The number of anilines is 1. The van der Waals surface area contributed by atoms with Gasteiger partial charge < -0.3 is 10.1 Å². The summed E-state index contributed by atoms with van der Waals surface area (Å²) in [4.78, 5) is 12.3. The van der Waals surface area contributed by atoms with E-state index in [0.717, 1.165) is 11.1 Å². The number of halogens is 1. The predicted octanol–water partition coefficient (Wildman–Crippen LogP) is 5.46. The Balaban J connectivity index is 1.66. The Morgan fingerprint density at radius 1 is 1.00 bits per heavy atom. The lowest BCUT2D eigenvalue weighted by molar-refractivity contribution is -0.112. The third-order valence-corrected chi connectivity index (χ3v) is 4.26. The van der Waals surface area contributed by atoms with Crippen LogP contribution in [0.4, 0.5) is 5.69 Å². The van der Waals surface area contributed by atoms with Crippen molar-refractivity contribution < 1.29 is 9.53 Å². The topological polar surface area (TPSA) is 62.1 Å². The zero-order valence-corrected chi connectivity index (χ0v) is 15.7. The van der Waals surface area contributed by atoms with Crippen LogP contribution in [-0.2, 0) is 11.4 Å². The van der Waals surface area contributed by atoms with Gasteiger partial charge in [0, 0.05) is 0 Å². The Bertz CT molecular complexity index is 1020.